The number of allylic oxidation sites excluding steroid dienone is 4. The predicted octanol–water partition coefficient (Wildman–Crippen LogP) is 13.0. The Kier molecular flexibility index (Phi) is 10.0. The molecular formula is C48H58Zr. The van der Waals surface area contributed by atoms with Crippen LogP contribution in [0.2, 0.25) is 0 Å². The Morgan fingerprint density at radius 2 is 1.02 bits per heavy atom. The monoisotopic (exact) mass is 724 g/mol. The van der Waals surface area contributed by atoms with Crippen LogP contribution in [0.3, 0.4) is 0 Å². The van der Waals surface area contributed by atoms with Gasteiger partial charge >= 0.3 is 308 Å². The van der Waals surface area contributed by atoms with Crippen LogP contribution in [0.25, 0.3) is 11.1 Å². The molecule has 254 valence electrons. The maximum absolute atomic E-state index is 3.03. The van der Waals surface area contributed by atoms with Gasteiger partial charge in [0.15, 0.2) is 0 Å². The van der Waals surface area contributed by atoms with E-state index in [-0.39, 0.29) is 10.8 Å². The third kappa shape index (κ3) is 6.79. The minimum absolute atomic E-state index is 0.0718. The first-order chi connectivity index (χ1) is 23.1. The van der Waals surface area contributed by atoms with Crippen molar-refractivity contribution in [3.8, 4) is 11.1 Å². The molecule has 4 aromatic carbocycles. The van der Waals surface area contributed by atoms with E-state index in [1.807, 2.05) is 3.28 Å². The van der Waals surface area contributed by atoms with Gasteiger partial charge in [0, 0.05) is 0 Å². The molecule has 2 aliphatic carbocycles. The van der Waals surface area contributed by atoms with E-state index in [1.54, 1.807) is 25.5 Å². The summed E-state index contributed by atoms with van der Waals surface area (Å²) in [5, 5.41) is 0. The molecule has 0 aliphatic heterocycles. The summed E-state index contributed by atoms with van der Waals surface area (Å²) >= 11 is -3.03. The summed E-state index contributed by atoms with van der Waals surface area (Å²) in [6.07, 6.45) is 2.72. The average Bonchev–Trinajstić information content (AvgIpc) is 3.60. The molecule has 0 saturated heterocycles. The van der Waals surface area contributed by atoms with Gasteiger partial charge < -0.3 is 0 Å². The van der Waals surface area contributed by atoms with Gasteiger partial charge in [0.1, 0.15) is 0 Å². The zero-order valence-corrected chi connectivity index (χ0v) is 34.7. The summed E-state index contributed by atoms with van der Waals surface area (Å²) in [6, 6.07) is 38.1. The van der Waals surface area contributed by atoms with Crippen molar-refractivity contribution in [3.05, 3.63) is 151 Å². The predicted molar refractivity (Wildman–Crippen MR) is 210 cm³/mol. The zero-order valence-electron chi connectivity index (χ0n) is 32.2. The van der Waals surface area contributed by atoms with Gasteiger partial charge in [0.05, 0.1) is 0 Å². The molecule has 0 radical (unpaired) electrons. The molecule has 1 unspecified atom stereocenters. The SMILES string of the molecule is CC(C)C1=CC(C(C)C)[C]([Zr](=[C](c2ccccc2)c2ccccc2)[CH]2c3cc(C(C)(C)C)ccc3-c3ccc(C(C)(C)C)cc32)=C1C(C)C. The Bertz CT molecular complexity index is 1830. The summed E-state index contributed by atoms with van der Waals surface area (Å²) in [5.41, 5.74) is 15.2. The molecule has 1 heteroatoms. The Hall–Kier alpha value is -2.89. The third-order valence-corrected chi connectivity index (χ3v) is 19.5. The van der Waals surface area contributed by atoms with Gasteiger partial charge in [-0.25, -0.2) is 0 Å². The van der Waals surface area contributed by atoms with E-state index < -0.39 is 21.3 Å². The van der Waals surface area contributed by atoms with E-state index >= 15 is 0 Å². The molecule has 4 aromatic rings. The molecule has 0 nitrogen and oxygen atoms in total. The molecule has 0 aromatic heterocycles. The molecule has 0 amide bonds. The molecular weight excluding hydrogens is 668 g/mol. The summed E-state index contributed by atoms with van der Waals surface area (Å²) in [7, 11) is 0. The van der Waals surface area contributed by atoms with Gasteiger partial charge in [-0.1, -0.05) is 0 Å². The van der Waals surface area contributed by atoms with Gasteiger partial charge in [-0.05, 0) is 0 Å². The van der Waals surface area contributed by atoms with Gasteiger partial charge in [-0.3, -0.25) is 0 Å². The van der Waals surface area contributed by atoms with E-state index in [2.05, 4.69) is 186 Å². The molecule has 49 heavy (non-hydrogen) atoms. The summed E-state index contributed by atoms with van der Waals surface area (Å²) in [6.45, 7) is 29.0. The van der Waals surface area contributed by atoms with Crippen LogP contribution in [0.1, 0.15) is 120 Å². The van der Waals surface area contributed by atoms with Crippen molar-refractivity contribution in [3.63, 3.8) is 0 Å². The quantitative estimate of drug-likeness (QED) is 0.178. The first kappa shape index (κ1) is 35.9. The number of benzene rings is 4. The van der Waals surface area contributed by atoms with Crippen molar-refractivity contribution in [1.29, 1.82) is 0 Å². The standard InChI is InChI=1S/C21H25.C14H23.C13H10.Zr/c1-20(2,3)16-7-9-18-14(12-16)11-15-13-17(21(4,5)6)8-10-19(15)18;1-9(2)12-7-13(10(3)4)14(8-12)11(5)6;1-3-7-12(8-4-1)11-13-9-5-2-6-10-13;/h7-13H,1-6H3;7,9-12H,1-6H3;1-10H;. The summed E-state index contributed by atoms with van der Waals surface area (Å²) in [4.78, 5) is 0. The Morgan fingerprint density at radius 1 is 0.571 bits per heavy atom. The molecule has 0 spiro atoms. The molecule has 1 atom stereocenters. The first-order valence-electron chi connectivity index (χ1n) is 18.7. The molecule has 6 rings (SSSR count). The average molecular weight is 726 g/mol. The third-order valence-electron chi connectivity index (χ3n) is 10.9. The summed E-state index contributed by atoms with van der Waals surface area (Å²) in [5.74, 6) is 1.96. The fraction of sp³-hybridized carbons (Fsp3) is 0.396. The van der Waals surface area contributed by atoms with E-state index in [9.17, 15) is 0 Å². The van der Waals surface area contributed by atoms with Gasteiger partial charge in [-0.2, -0.15) is 0 Å². The van der Waals surface area contributed by atoms with E-state index in [0.717, 1.165) is 0 Å². The molecule has 0 N–H and O–H groups in total. The Balaban J connectivity index is 1.86. The van der Waals surface area contributed by atoms with Gasteiger partial charge in [0.25, 0.3) is 0 Å². The Labute approximate surface area is 305 Å². The van der Waals surface area contributed by atoms with Crippen molar-refractivity contribution < 1.29 is 21.3 Å². The second kappa shape index (κ2) is 13.7. The topological polar surface area (TPSA) is 0 Å². The van der Waals surface area contributed by atoms with Crippen molar-refractivity contribution in [2.24, 2.45) is 23.7 Å². The zero-order chi connectivity index (χ0) is 35.4. The Morgan fingerprint density at radius 3 is 1.39 bits per heavy atom. The van der Waals surface area contributed by atoms with Gasteiger partial charge in [0.2, 0.25) is 0 Å². The normalized spacial score (nSPS) is 16.5. The van der Waals surface area contributed by atoms with Crippen molar-refractivity contribution in [2.75, 3.05) is 0 Å². The number of fused-ring (bicyclic) bond motifs is 3. The van der Waals surface area contributed by atoms with Crippen LogP contribution in [-0.2, 0) is 32.1 Å². The number of hydrogen-bond acceptors (Lipinski definition) is 0. The molecule has 0 saturated carbocycles. The van der Waals surface area contributed by atoms with E-state index in [0.29, 0.717) is 27.3 Å². The fourth-order valence-corrected chi connectivity index (χ4v) is 19.2. The van der Waals surface area contributed by atoms with Crippen LogP contribution in [0.4, 0.5) is 0 Å². The first-order valence-corrected chi connectivity index (χ1v) is 22.6. The molecule has 2 aliphatic rings. The molecule has 0 fully saturated rings. The van der Waals surface area contributed by atoms with Crippen LogP contribution in [0.5, 0.6) is 0 Å². The second-order valence-electron chi connectivity index (χ2n) is 17.6. The summed E-state index contributed by atoms with van der Waals surface area (Å²) < 4.78 is 3.86. The molecule has 0 heterocycles. The van der Waals surface area contributed by atoms with Crippen LogP contribution in [-0.4, -0.2) is 3.21 Å². The van der Waals surface area contributed by atoms with Crippen molar-refractivity contribution >= 4 is 3.21 Å². The van der Waals surface area contributed by atoms with Gasteiger partial charge in [-0.15, -0.1) is 0 Å². The van der Waals surface area contributed by atoms with Crippen molar-refractivity contribution in [1.82, 2.24) is 0 Å². The van der Waals surface area contributed by atoms with Crippen LogP contribution >= 0.6 is 0 Å². The second-order valence-corrected chi connectivity index (χ2v) is 23.6. The van der Waals surface area contributed by atoms with Crippen LogP contribution in [0.15, 0.2) is 118 Å². The minimum atomic E-state index is -3.03. The van der Waals surface area contributed by atoms with Crippen molar-refractivity contribution in [2.45, 2.75) is 97.5 Å². The van der Waals surface area contributed by atoms with Crippen LogP contribution < -0.4 is 0 Å². The maximum atomic E-state index is 2.72. The van der Waals surface area contributed by atoms with Crippen LogP contribution in [0, 0.1) is 23.7 Å². The van der Waals surface area contributed by atoms with E-state index in [1.165, 1.54) is 33.4 Å². The fourth-order valence-electron chi connectivity index (χ4n) is 8.33. The molecule has 0 bridgehead atoms. The van der Waals surface area contributed by atoms with E-state index in [4.69, 9.17) is 0 Å². The number of rotatable bonds is 7. The number of hydrogen-bond donors (Lipinski definition) is 0.